The van der Waals surface area contributed by atoms with Crippen molar-refractivity contribution in [2.45, 2.75) is 58.6 Å². The molecule has 1 aromatic rings. The van der Waals surface area contributed by atoms with Crippen LogP contribution in [0.15, 0.2) is 9.52 Å². The lowest BCUT2D eigenvalue weighted by Gasteiger charge is -2.23. The maximum absolute atomic E-state index is 10.4. The second kappa shape index (κ2) is 8.71. The first-order chi connectivity index (χ1) is 10.0. The van der Waals surface area contributed by atoms with Gasteiger partial charge in [-0.25, -0.2) is 4.99 Å². The molecule has 1 saturated carbocycles. The highest BCUT2D eigenvalue weighted by atomic mass is 127. The van der Waals surface area contributed by atoms with Gasteiger partial charge in [0.15, 0.2) is 5.96 Å². The van der Waals surface area contributed by atoms with E-state index in [1.807, 2.05) is 20.8 Å². The number of nitrogens with one attached hydrogen (secondary N) is 2. The van der Waals surface area contributed by atoms with Crippen molar-refractivity contribution in [3.8, 4) is 0 Å². The van der Waals surface area contributed by atoms with Gasteiger partial charge in [0.2, 0.25) is 0 Å². The smallest absolute Gasteiger partial charge is 0.191 e. The molecule has 1 aliphatic rings. The molecule has 3 N–H and O–H groups in total. The number of aromatic nitrogens is 1. The van der Waals surface area contributed by atoms with Crippen molar-refractivity contribution in [1.29, 1.82) is 0 Å². The zero-order valence-corrected chi connectivity index (χ0v) is 15.9. The predicted molar refractivity (Wildman–Crippen MR) is 97.6 cm³/mol. The minimum absolute atomic E-state index is 0. The summed E-state index contributed by atoms with van der Waals surface area (Å²) in [6.45, 7) is 7.69. The number of rotatable bonds is 5. The molecular weight excluding hydrogens is 395 g/mol. The Morgan fingerprint density at radius 2 is 2.00 bits per heavy atom. The lowest BCUT2D eigenvalue weighted by Crippen LogP contribution is -2.46. The second-order valence-corrected chi connectivity index (χ2v) is 5.78. The molecule has 0 spiro atoms. The average Bonchev–Trinajstić information content (AvgIpc) is 3.02. The van der Waals surface area contributed by atoms with Crippen molar-refractivity contribution in [1.82, 2.24) is 15.8 Å². The molecule has 7 heteroatoms. The van der Waals surface area contributed by atoms with Crippen molar-refractivity contribution < 1.29 is 9.63 Å². The molecule has 1 heterocycles. The van der Waals surface area contributed by atoms with E-state index in [4.69, 9.17) is 4.52 Å². The van der Waals surface area contributed by atoms with Crippen LogP contribution in [-0.4, -0.2) is 34.9 Å². The summed E-state index contributed by atoms with van der Waals surface area (Å²) in [5.41, 5.74) is 1.31. The van der Waals surface area contributed by atoms with Gasteiger partial charge in [-0.05, 0) is 33.6 Å². The fourth-order valence-electron chi connectivity index (χ4n) is 2.69. The van der Waals surface area contributed by atoms with Crippen LogP contribution in [0.1, 0.15) is 49.6 Å². The number of hydrogen-bond acceptors (Lipinski definition) is 4. The van der Waals surface area contributed by atoms with E-state index >= 15 is 0 Å². The lowest BCUT2D eigenvalue weighted by atomic mass is 10.0. The highest BCUT2D eigenvalue weighted by Gasteiger charge is 2.30. The number of halogens is 1. The van der Waals surface area contributed by atoms with Crippen LogP contribution in [0.5, 0.6) is 0 Å². The molecule has 0 saturated heterocycles. The van der Waals surface area contributed by atoms with Gasteiger partial charge in [0.05, 0.1) is 17.8 Å². The van der Waals surface area contributed by atoms with Crippen LogP contribution < -0.4 is 10.6 Å². The predicted octanol–water partition coefficient (Wildman–Crippen LogP) is 2.27. The number of nitrogens with zero attached hydrogens (tertiary/aromatic N) is 2. The summed E-state index contributed by atoms with van der Waals surface area (Å²) in [5, 5.41) is 20.8. The van der Waals surface area contributed by atoms with Gasteiger partial charge in [-0.2, -0.15) is 0 Å². The van der Waals surface area contributed by atoms with Gasteiger partial charge in [0.1, 0.15) is 5.76 Å². The zero-order valence-electron chi connectivity index (χ0n) is 13.6. The van der Waals surface area contributed by atoms with Crippen molar-refractivity contribution in [3.63, 3.8) is 0 Å². The largest absolute Gasteiger partial charge is 0.388 e. The Kier molecular flexibility index (Phi) is 7.61. The van der Waals surface area contributed by atoms with Crippen LogP contribution in [0.3, 0.4) is 0 Å². The molecule has 0 unspecified atom stereocenters. The summed E-state index contributed by atoms with van der Waals surface area (Å²) in [7, 11) is 0. The molecule has 2 rings (SSSR count). The summed E-state index contributed by atoms with van der Waals surface area (Å²) in [6.07, 6.45) is 3.93. The number of guanidine groups is 1. The van der Waals surface area contributed by atoms with E-state index in [0.717, 1.165) is 55.2 Å². The SMILES string of the molecule is CCNC(=NCc1c(C)noc1C)NCC1(O)CCCC1.I. The van der Waals surface area contributed by atoms with Crippen LogP contribution in [0.4, 0.5) is 0 Å². The summed E-state index contributed by atoms with van der Waals surface area (Å²) >= 11 is 0. The monoisotopic (exact) mass is 422 g/mol. The molecule has 1 fully saturated rings. The Morgan fingerprint density at radius 3 is 2.55 bits per heavy atom. The number of aliphatic imine (C=N–C) groups is 1. The van der Waals surface area contributed by atoms with Gasteiger partial charge in [0, 0.05) is 18.7 Å². The van der Waals surface area contributed by atoms with Crippen molar-refractivity contribution in [2.24, 2.45) is 4.99 Å². The summed E-state index contributed by atoms with van der Waals surface area (Å²) < 4.78 is 5.14. The minimum atomic E-state index is -0.584. The normalized spacial score (nSPS) is 17.2. The molecule has 0 bridgehead atoms. The topological polar surface area (TPSA) is 82.7 Å². The van der Waals surface area contributed by atoms with E-state index in [1.165, 1.54) is 0 Å². The molecule has 0 amide bonds. The first kappa shape index (κ1) is 19.2. The summed E-state index contributed by atoms with van der Waals surface area (Å²) in [4.78, 5) is 4.55. The van der Waals surface area contributed by atoms with E-state index in [9.17, 15) is 5.11 Å². The Hall–Kier alpha value is -0.830. The van der Waals surface area contributed by atoms with Crippen LogP contribution in [0.25, 0.3) is 0 Å². The van der Waals surface area contributed by atoms with Gasteiger partial charge >= 0.3 is 0 Å². The third-order valence-corrected chi connectivity index (χ3v) is 4.04. The zero-order chi connectivity index (χ0) is 15.3. The van der Waals surface area contributed by atoms with Crippen LogP contribution in [0, 0.1) is 13.8 Å². The first-order valence-corrected chi connectivity index (χ1v) is 7.70. The molecule has 0 aromatic carbocycles. The summed E-state index contributed by atoms with van der Waals surface area (Å²) in [5.74, 6) is 1.53. The lowest BCUT2D eigenvalue weighted by molar-refractivity contribution is 0.0522. The molecule has 1 aliphatic carbocycles. The molecule has 0 aliphatic heterocycles. The maximum atomic E-state index is 10.4. The molecule has 0 radical (unpaired) electrons. The van der Waals surface area contributed by atoms with Gasteiger partial charge in [-0.1, -0.05) is 18.0 Å². The third kappa shape index (κ3) is 5.12. The van der Waals surface area contributed by atoms with E-state index in [0.29, 0.717) is 13.1 Å². The molecule has 0 atom stereocenters. The Morgan fingerprint density at radius 1 is 1.32 bits per heavy atom. The van der Waals surface area contributed by atoms with Crippen molar-refractivity contribution in [3.05, 3.63) is 17.0 Å². The quantitative estimate of drug-likeness (QED) is 0.385. The molecule has 1 aromatic heterocycles. The van der Waals surface area contributed by atoms with E-state index in [-0.39, 0.29) is 24.0 Å². The highest BCUT2D eigenvalue weighted by molar-refractivity contribution is 14.0. The fraction of sp³-hybridized carbons (Fsp3) is 0.733. The van der Waals surface area contributed by atoms with Gasteiger partial charge in [-0.15, -0.1) is 24.0 Å². The van der Waals surface area contributed by atoms with Crippen molar-refractivity contribution >= 4 is 29.9 Å². The minimum Gasteiger partial charge on any atom is -0.388 e. The van der Waals surface area contributed by atoms with Crippen LogP contribution >= 0.6 is 24.0 Å². The maximum Gasteiger partial charge on any atom is 0.191 e. The van der Waals surface area contributed by atoms with Gasteiger partial charge in [-0.3, -0.25) is 0 Å². The Bertz CT molecular complexity index is 476. The number of aliphatic hydroxyl groups is 1. The number of hydrogen-bond donors (Lipinski definition) is 3. The Balaban J connectivity index is 0.00000242. The van der Waals surface area contributed by atoms with Gasteiger partial charge < -0.3 is 20.3 Å². The highest BCUT2D eigenvalue weighted by Crippen LogP contribution is 2.28. The van der Waals surface area contributed by atoms with E-state index < -0.39 is 5.60 Å². The molecule has 22 heavy (non-hydrogen) atoms. The summed E-state index contributed by atoms with van der Waals surface area (Å²) in [6, 6.07) is 0. The van der Waals surface area contributed by atoms with Gasteiger partial charge in [0.25, 0.3) is 0 Å². The van der Waals surface area contributed by atoms with Crippen LogP contribution in [-0.2, 0) is 6.54 Å². The van der Waals surface area contributed by atoms with E-state index in [1.54, 1.807) is 0 Å². The van der Waals surface area contributed by atoms with Crippen LogP contribution in [0.2, 0.25) is 0 Å². The molecule has 6 nitrogen and oxygen atoms in total. The Labute approximate surface area is 149 Å². The van der Waals surface area contributed by atoms with E-state index in [2.05, 4.69) is 20.8 Å². The first-order valence-electron chi connectivity index (χ1n) is 7.70. The third-order valence-electron chi connectivity index (χ3n) is 4.04. The van der Waals surface area contributed by atoms with Crippen molar-refractivity contribution in [2.75, 3.05) is 13.1 Å². The molecular formula is C15H27IN4O2. The number of aryl methyl sites for hydroxylation is 2. The fourth-order valence-corrected chi connectivity index (χ4v) is 2.69. The standard InChI is InChI=1S/C15H26N4O2.HI/c1-4-16-14(18-10-15(20)7-5-6-8-15)17-9-13-11(2)19-21-12(13)3;/h20H,4-10H2,1-3H3,(H2,16,17,18);1H. The average molecular weight is 422 g/mol. The second-order valence-electron chi connectivity index (χ2n) is 5.78. The molecule has 126 valence electrons.